The molecule has 0 aromatic heterocycles. The van der Waals surface area contributed by atoms with E-state index in [1.54, 1.807) is 0 Å². The Bertz CT molecular complexity index is 238. The third-order valence-electron chi connectivity index (χ3n) is 1.51. The molecule has 0 rings (SSSR count). The summed E-state index contributed by atoms with van der Waals surface area (Å²) < 4.78 is 62.0. The molecule has 0 aliphatic carbocycles. The summed E-state index contributed by atoms with van der Waals surface area (Å²) in [6.07, 6.45) is 0. The molecule has 0 fully saturated rings. The SMILES string of the molecule is CC[O+](CC)CC.O=S(=O)([O-])C(F)(F)F. The fraction of sp³-hybridized carbons (Fsp3) is 1.00. The van der Waals surface area contributed by atoms with Crippen molar-refractivity contribution in [1.29, 1.82) is 0 Å². The Balaban J connectivity index is 0. The van der Waals surface area contributed by atoms with E-state index in [1.165, 1.54) is 0 Å². The van der Waals surface area contributed by atoms with E-state index < -0.39 is 15.6 Å². The van der Waals surface area contributed by atoms with Gasteiger partial charge in [-0.1, -0.05) is 0 Å². The Morgan fingerprint density at radius 1 is 1.07 bits per heavy atom. The van der Waals surface area contributed by atoms with Crippen molar-refractivity contribution in [2.24, 2.45) is 0 Å². The van der Waals surface area contributed by atoms with Gasteiger partial charge < -0.3 is 8.92 Å². The standard InChI is InChI=1S/C6H15O.CHF3O3S/c1-4-7(5-2)6-3;2-1(3,4)8(5,6)7/h4-6H2,1-3H3;(H,5,6,7)/q+1;/p-1. The van der Waals surface area contributed by atoms with Gasteiger partial charge in [0.15, 0.2) is 10.1 Å². The zero-order valence-electron chi connectivity index (χ0n) is 8.80. The molecule has 94 valence electrons. The molecule has 0 unspecified atom stereocenters. The number of hydrogen-bond donors (Lipinski definition) is 0. The van der Waals surface area contributed by atoms with Gasteiger partial charge in [0, 0.05) is 20.8 Å². The van der Waals surface area contributed by atoms with E-state index in [2.05, 4.69) is 25.1 Å². The minimum atomic E-state index is -6.09. The average Bonchev–Trinajstić information content (AvgIpc) is 2.05. The van der Waals surface area contributed by atoms with E-state index >= 15 is 0 Å². The lowest BCUT2D eigenvalue weighted by Gasteiger charge is -2.11. The summed E-state index contributed by atoms with van der Waals surface area (Å²) in [5.41, 5.74) is -5.65. The van der Waals surface area contributed by atoms with Crippen LogP contribution in [0.3, 0.4) is 0 Å². The predicted octanol–water partition coefficient (Wildman–Crippen LogP) is 1.65. The Morgan fingerprint density at radius 2 is 1.27 bits per heavy atom. The molecule has 0 aliphatic heterocycles. The summed E-state index contributed by atoms with van der Waals surface area (Å²) in [5, 5.41) is 0. The van der Waals surface area contributed by atoms with Crippen LogP contribution in [0.15, 0.2) is 0 Å². The summed E-state index contributed by atoms with van der Waals surface area (Å²) in [6.45, 7) is 9.76. The van der Waals surface area contributed by atoms with Crippen molar-refractivity contribution in [3.05, 3.63) is 0 Å². The van der Waals surface area contributed by atoms with Crippen molar-refractivity contribution in [3.63, 3.8) is 0 Å². The molecule has 8 heteroatoms. The summed E-state index contributed by atoms with van der Waals surface area (Å²) >= 11 is 0. The number of halogens is 3. The van der Waals surface area contributed by atoms with E-state index in [-0.39, 0.29) is 0 Å². The maximum atomic E-state index is 10.7. The normalized spacial score (nSPS) is 12.3. The molecule has 0 saturated heterocycles. The molecular weight excluding hydrogens is 237 g/mol. The molecule has 0 N–H and O–H groups in total. The Hall–Kier alpha value is -0.340. The predicted molar refractivity (Wildman–Crippen MR) is 48.5 cm³/mol. The first-order chi connectivity index (χ1) is 6.60. The van der Waals surface area contributed by atoms with Crippen LogP contribution >= 0.6 is 0 Å². The molecule has 0 radical (unpaired) electrons. The first-order valence-corrected chi connectivity index (χ1v) is 5.67. The highest BCUT2D eigenvalue weighted by molar-refractivity contribution is 7.86. The van der Waals surface area contributed by atoms with Gasteiger partial charge in [0.25, 0.3) is 0 Å². The summed E-state index contributed by atoms with van der Waals surface area (Å²) in [5.74, 6) is 0. The quantitative estimate of drug-likeness (QED) is 0.436. The maximum absolute atomic E-state index is 10.7. The second-order valence-electron chi connectivity index (χ2n) is 2.38. The molecule has 4 nitrogen and oxygen atoms in total. The second kappa shape index (κ2) is 7.02. The molecule has 0 saturated carbocycles. The highest BCUT2D eigenvalue weighted by Crippen LogP contribution is 2.20. The van der Waals surface area contributed by atoms with Gasteiger partial charge in [0.05, 0.1) is 0 Å². The molecule has 0 heterocycles. The highest BCUT2D eigenvalue weighted by atomic mass is 32.2. The molecule has 0 atom stereocenters. The van der Waals surface area contributed by atoms with Gasteiger partial charge in [-0.2, -0.15) is 13.2 Å². The van der Waals surface area contributed by atoms with Crippen LogP contribution in [0.1, 0.15) is 20.8 Å². The number of alkyl halides is 3. The summed E-state index contributed by atoms with van der Waals surface area (Å²) in [6, 6.07) is 0. The van der Waals surface area contributed by atoms with Crippen molar-refractivity contribution in [3.8, 4) is 0 Å². The smallest absolute Gasteiger partial charge is 0.485 e. The Labute approximate surface area is 87.5 Å². The second-order valence-corrected chi connectivity index (χ2v) is 3.75. The molecule has 0 aromatic carbocycles. The van der Waals surface area contributed by atoms with Crippen LogP contribution in [0.5, 0.6) is 0 Å². The lowest BCUT2D eigenvalue weighted by Crippen LogP contribution is -2.21. The van der Waals surface area contributed by atoms with Crippen molar-refractivity contribution >= 4 is 10.1 Å². The minimum absolute atomic E-state index is 1.10. The zero-order valence-corrected chi connectivity index (χ0v) is 9.61. The van der Waals surface area contributed by atoms with Crippen LogP contribution in [0.2, 0.25) is 0 Å². The van der Waals surface area contributed by atoms with Crippen molar-refractivity contribution in [1.82, 2.24) is 0 Å². The fourth-order valence-electron chi connectivity index (χ4n) is 0.612. The van der Waals surface area contributed by atoms with Crippen LogP contribution in [-0.4, -0.2) is 38.3 Å². The zero-order chi connectivity index (χ0) is 12.7. The van der Waals surface area contributed by atoms with Crippen LogP contribution in [0.4, 0.5) is 13.2 Å². The average molecular weight is 252 g/mol. The van der Waals surface area contributed by atoms with E-state index in [0.29, 0.717) is 0 Å². The van der Waals surface area contributed by atoms with Gasteiger partial charge in [-0.25, -0.2) is 8.42 Å². The molecule has 0 bridgehead atoms. The molecule has 15 heavy (non-hydrogen) atoms. The lowest BCUT2D eigenvalue weighted by molar-refractivity contribution is -0.119. The third kappa shape index (κ3) is 8.64. The largest absolute Gasteiger partial charge is 0.741 e. The number of hydrogen-bond acceptors (Lipinski definition) is 3. The van der Waals surface area contributed by atoms with Crippen LogP contribution in [0, 0.1) is 0 Å². The molecule has 0 amide bonds. The van der Waals surface area contributed by atoms with Gasteiger partial charge in [-0.3, -0.25) is 0 Å². The molecule has 0 spiro atoms. The van der Waals surface area contributed by atoms with Crippen molar-refractivity contribution < 1.29 is 30.5 Å². The third-order valence-corrected chi connectivity index (χ3v) is 2.08. The lowest BCUT2D eigenvalue weighted by atomic mass is 10.7. The molecule has 0 aliphatic rings. The van der Waals surface area contributed by atoms with Gasteiger partial charge in [-0.15, -0.1) is 0 Å². The van der Waals surface area contributed by atoms with Gasteiger partial charge in [-0.05, 0) is 0 Å². The monoisotopic (exact) mass is 252 g/mol. The van der Waals surface area contributed by atoms with Crippen LogP contribution in [-0.2, 0) is 14.5 Å². The number of rotatable bonds is 3. The molecule has 0 aromatic rings. The first kappa shape index (κ1) is 17.1. The van der Waals surface area contributed by atoms with Crippen molar-refractivity contribution in [2.75, 3.05) is 19.8 Å². The topological polar surface area (TPSA) is 59.9 Å². The van der Waals surface area contributed by atoms with Crippen LogP contribution < -0.4 is 0 Å². The van der Waals surface area contributed by atoms with Gasteiger partial charge in [0.2, 0.25) is 0 Å². The minimum Gasteiger partial charge on any atom is -0.741 e. The van der Waals surface area contributed by atoms with E-state index in [0.717, 1.165) is 19.8 Å². The maximum Gasteiger partial charge on any atom is 0.485 e. The van der Waals surface area contributed by atoms with E-state index in [1.807, 2.05) is 0 Å². The fourth-order valence-corrected chi connectivity index (χ4v) is 0.612. The van der Waals surface area contributed by atoms with Gasteiger partial charge >= 0.3 is 5.51 Å². The summed E-state index contributed by atoms with van der Waals surface area (Å²) in [4.78, 5) is 0. The van der Waals surface area contributed by atoms with E-state index in [9.17, 15) is 13.2 Å². The first-order valence-electron chi connectivity index (χ1n) is 4.26. The summed E-state index contributed by atoms with van der Waals surface area (Å²) in [7, 11) is -6.09. The van der Waals surface area contributed by atoms with E-state index in [4.69, 9.17) is 13.0 Å². The van der Waals surface area contributed by atoms with Crippen molar-refractivity contribution in [2.45, 2.75) is 26.3 Å². The molecular formula is C7H15F3O4S. The Kier molecular flexibility index (Phi) is 7.99. The van der Waals surface area contributed by atoms with Crippen LogP contribution in [0.25, 0.3) is 0 Å². The Morgan fingerprint density at radius 3 is 1.27 bits per heavy atom. The van der Waals surface area contributed by atoms with Gasteiger partial charge in [0.1, 0.15) is 19.8 Å². The highest BCUT2D eigenvalue weighted by Gasteiger charge is 2.36.